The van der Waals surface area contributed by atoms with Crippen LogP contribution in [0.3, 0.4) is 0 Å². The molecule has 14 heteroatoms. The number of para-hydroxylation sites is 4. The van der Waals surface area contributed by atoms with Gasteiger partial charge in [-0.15, -0.1) is 11.3 Å². The lowest BCUT2D eigenvalue weighted by molar-refractivity contribution is 0.661. The molecule has 137 heavy (non-hydrogen) atoms. The first-order valence-corrected chi connectivity index (χ1v) is 57.1. The van der Waals surface area contributed by atoms with Crippen LogP contribution in [0.4, 0.5) is 0 Å². The minimum absolute atomic E-state index is 0.0602. The van der Waals surface area contributed by atoms with E-state index in [2.05, 4.69) is 449 Å². The summed E-state index contributed by atoms with van der Waals surface area (Å²) in [6, 6.07) is 142. The molecule has 3 aliphatic heterocycles. The van der Waals surface area contributed by atoms with E-state index in [4.69, 9.17) is 34.3 Å². The van der Waals surface area contributed by atoms with Crippen molar-refractivity contribution < 1.29 is 4.42 Å². The molecule has 650 valence electrons. The van der Waals surface area contributed by atoms with Crippen LogP contribution < -0.4 is 31.5 Å². The van der Waals surface area contributed by atoms with Crippen LogP contribution in [-0.2, 0) is 5.41 Å². The van der Waals surface area contributed by atoms with Crippen LogP contribution in [0.15, 0.2) is 399 Å². The third-order valence-electron chi connectivity index (χ3n) is 29.9. The lowest BCUT2D eigenvalue weighted by atomic mass is 9.82. The summed E-state index contributed by atoms with van der Waals surface area (Å²) >= 11 is 1.87. The van der Waals surface area contributed by atoms with E-state index in [1.807, 2.05) is 23.5 Å². The number of nitrogens with zero attached hydrogens (tertiary/aromatic N) is 9. The van der Waals surface area contributed by atoms with E-state index >= 15 is 0 Å². The number of thiophene rings is 1. The molecule has 11 heterocycles. The highest BCUT2D eigenvalue weighted by Crippen LogP contribution is 2.55. The maximum Gasteiger partial charge on any atom is 0.235 e. The van der Waals surface area contributed by atoms with Gasteiger partial charge in [-0.05, 0) is 164 Å². The first-order chi connectivity index (χ1) is 67.0. The average Bonchev–Trinajstić information content (AvgIpc) is 1.53. The summed E-state index contributed by atoms with van der Waals surface area (Å²) in [6.07, 6.45) is 0. The van der Waals surface area contributed by atoms with Crippen molar-refractivity contribution in [2.45, 2.75) is 58.5 Å². The molecule has 29 rings (SSSR count). The summed E-state index contributed by atoms with van der Waals surface area (Å²) in [5.41, 5.74) is 32.4. The zero-order valence-electron chi connectivity index (χ0n) is 76.9. The molecule has 0 saturated heterocycles. The minimum Gasteiger partial charge on any atom is -0.456 e. The SMILES string of the molecule is CC1(C)c2ccccc2-c2c1ccc1c2c2ccccc2n1-c1nc(-c2ccccc2)c2c(n1)[Si](C)(C)c1ccccc1-2.C[Si]1(C)c2ccccc2-c2c(-c3ccccc3)nc(-c3ccc(-n4c5ccccc5c5c6c(ccc54)oc4ccccc46)cc3)nc21.C[Si]1(C)c2ccccc2-c2c(-c3ccccc3)nc(-c3ccc(-n4c5ccccc5c5c6c(ccc54)sc4ccccc46)cc3)nc21. The third-order valence-corrected chi connectivity index (χ3v) is 41.1. The van der Waals surface area contributed by atoms with Crippen molar-refractivity contribution in [3.63, 3.8) is 0 Å². The Morgan fingerprint density at radius 2 is 0.635 bits per heavy atom. The van der Waals surface area contributed by atoms with Gasteiger partial charge in [0.1, 0.15) is 35.4 Å². The molecule has 17 aromatic carbocycles. The molecule has 0 amide bonds. The molecule has 4 aliphatic rings. The van der Waals surface area contributed by atoms with Gasteiger partial charge in [-0.3, -0.25) is 4.57 Å². The van der Waals surface area contributed by atoms with E-state index in [-0.39, 0.29) is 5.41 Å². The second kappa shape index (κ2) is 30.3. The summed E-state index contributed by atoms with van der Waals surface area (Å²) < 4.78 is 16.0. The molecule has 0 saturated carbocycles. The summed E-state index contributed by atoms with van der Waals surface area (Å²) in [7, 11) is -6.11. The Kier molecular flexibility index (Phi) is 17.8. The van der Waals surface area contributed by atoms with Crippen LogP contribution in [0, 0.1) is 0 Å². The van der Waals surface area contributed by atoms with Crippen molar-refractivity contribution in [3.05, 3.63) is 405 Å². The quantitative estimate of drug-likeness (QED) is 0.140. The van der Waals surface area contributed by atoms with E-state index < -0.39 is 24.2 Å². The van der Waals surface area contributed by atoms with Crippen LogP contribution in [0.2, 0.25) is 39.3 Å². The van der Waals surface area contributed by atoms with Crippen molar-refractivity contribution in [1.29, 1.82) is 0 Å². The van der Waals surface area contributed by atoms with Crippen LogP contribution in [-0.4, -0.2) is 67.8 Å². The monoisotopic (exact) mass is 1820 g/mol. The van der Waals surface area contributed by atoms with Crippen LogP contribution in [0.25, 0.3) is 226 Å². The van der Waals surface area contributed by atoms with Gasteiger partial charge >= 0.3 is 0 Å². The molecule has 0 N–H and O–H groups in total. The smallest absolute Gasteiger partial charge is 0.235 e. The van der Waals surface area contributed by atoms with Gasteiger partial charge in [0.15, 0.2) is 11.6 Å². The highest BCUT2D eigenvalue weighted by Gasteiger charge is 2.46. The van der Waals surface area contributed by atoms with E-state index in [9.17, 15) is 0 Å². The van der Waals surface area contributed by atoms with Gasteiger partial charge in [-0.25, -0.2) is 29.9 Å². The Morgan fingerprint density at radius 1 is 0.248 bits per heavy atom. The first-order valence-electron chi connectivity index (χ1n) is 47.3. The van der Waals surface area contributed by atoms with E-state index in [1.54, 1.807) is 0 Å². The molecule has 0 spiro atoms. The number of aromatic nitrogens is 9. The molecular weight excluding hydrogens is 1740 g/mol. The van der Waals surface area contributed by atoms with Gasteiger partial charge in [0.2, 0.25) is 5.95 Å². The Morgan fingerprint density at radius 3 is 1.15 bits per heavy atom. The number of benzene rings is 17. The fraction of sp³-hybridized carbons (Fsp3) is 0.0732. The fourth-order valence-electron chi connectivity index (χ4n) is 23.5. The predicted molar refractivity (Wildman–Crippen MR) is 581 cm³/mol. The molecule has 0 fully saturated rings. The van der Waals surface area contributed by atoms with Crippen LogP contribution in [0.1, 0.15) is 25.0 Å². The lowest BCUT2D eigenvalue weighted by Gasteiger charge is -2.21. The van der Waals surface area contributed by atoms with Crippen molar-refractivity contribution >= 4 is 175 Å². The molecular formula is C123H89N9OSSi3. The fourth-order valence-corrected chi connectivity index (χ4v) is 33.3. The molecule has 1 aliphatic carbocycles. The second-order valence-corrected chi connectivity index (χ2v) is 52.9. The topological polar surface area (TPSA) is 105 Å². The van der Waals surface area contributed by atoms with Crippen LogP contribution >= 0.6 is 11.3 Å². The summed E-state index contributed by atoms with van der Waals surface area (Å²) in [6.45, 7) is 19.2. The minimum atomic E-state index is -2.07. The average molecular weight is 1830 g/mol. The third kappa shape index (κ3) is 12.0. The maximum atomic E-state index is 6.28. The Bertz CT molecular complexity index is 9040. The number of rotatable bonds is 8. The Hall–Kier alpha value is -15.9. The molecule has 0 unspecified atom stereocenters. The zero-order valence-corrected chi connectivity index (χ0v) is 80.7. The van der Waals surface area contributed by atoms with Gasteiger partial charge in [-0.2, -0.15) is 0 Å². The van der Waals surface area contributed by atoms with Crippen molar-refractivity contribution in [2.75, 3.05) is 0 Å². The summed E-state index contributed by atoms with van der Waals surface area (Å²) in [5.74, 6) is 2.32. The van der Waals surface area contributed by atoms with E-state index in [0.717, 1.165) is 112 Å². The second-order valence-electron chi connectivity index (χ2n) is 39.0. The summed E-state index contributed by atoms with van der Waals surface area (Å²) in [5, 5.41) is 20.5. The molecule has 0 radical (unpaired) electrons. The van der Waals surface area contributed by atoms with Crippen molar-refractivity contribution in [3.8, 4) is 118 Å². The molecule has 10 nitrogen and oxygen atoms in total. The first kappa shape index (κ1) is 80.7. The maximum absolute atomic E-state index is 6.28. The van der Waals surface area contributed by atoms with Gasteiger partial charge in [0, 0.05) is 141 Å². The zero-order chi connectivity index (χ0) is 91.6. The van der Waals surface area contributed by atoms with Crippen LogP contribution in [0.5, 0.6) is 0 Å². The molecule has 0 bridgehead atoms. The number of hydrogen-bond donors (Lipinski definition) is 0. The van der Waals surface area contributed by atoms with Gasteiger partial charge in [0.25, 0.3) is 0 Å². The molecule has 8 aromatic heterocycles. The standard InChI is InChI=1S/C42H29N3OSi.C42H29N3SSi.C39H31N3Si/c2*1-47(2)36-19-11-8-16-31(36)39-40(26-12-4-3-5-13-26)43-41(44-42(39)47)27-20-22-28(23-21-27)45-32-17-9-6-14-29(32)37-33(45)24-25-35-38(37)30-15-7-10-18-34(30)46-35;1-39(2)28-19-11-8-16-25(28)33-29(39)22-23-31-34(33)26-17-9-12-20-30(26)42(31)38-40-36(24-14-6-5-7-15-24)35-27-18-10-13-21-32(27)43(3,4)37(35)41-38/h2*3-25H,1-2H3;5-23H,1-4H3. The van der Waals surface area contributed by atoms with Gasteiger partial charge in [-0.1, -0.05) is 338 Å². The number of hydrogen-bond acceptors (Lipinski definition) is 8. The van der Waals surface area contributed by atoms with Gasteiger partial charge < -0.3 is 13.6 Å². The normalized spacial score (nSPS) is 14.1. The molecule has 25 aromatic rings. The largest absolute Gasteiger partial charge is 0.456 e. The summed E-state index contributed by atoms with van der Waals surface area (Å²) in [4.78, 5) is 32.3. The van der Waals surface area contributed by atoms with E-state index in [0.29, 0.717) is 0 Å². The van der Waals surface area contributed by atoms with Crippen molar-refractivity contribution in [2.24, 2.45) is 0 Å². The number of furan rings is 1. The Balaban J connectivity index is 0.000000104. The Labute approximate surface area is 798 Å². The predicted octanol–water partition coefficient (Wildman–Crippen LogP) is 28.0. The number of fused-ring (bicyclic) bond motifs is 30. The lowest BCUT2D eigenvalue weighted by Crippen LogP contribution is -2.51. The molecule has 0 atom stereocenters. The highest BCUT2D eigenvalue weighted by molar-refractivity contribution is 7.26. The van der Waals surface area contributed by atoms with E-state index in [1.165, 1.54) is 156 Å². The highest BCUT2D eigenvalue weighted by atomic mass is 32.1. The van der Waals surface area contributed by atoms with Crippen molar-refractivity contribution in [1.82, 2.24) is 43.6 Å². The van der Waals surface area contributed by atoms with Gasteiger partial charge in [0.05, 0.1) is 50.2 Å².